The predicted molar refractivity (Wildman–Crippen MR) is 98.2 cm³/mol. The van der Waals surface area contributed by atoms with Gasteiger partial charge in [0.15, 0.2) is 0 Å². The van der Waals surface area contributed by atoms with Crippen LogP contribution in [0.15, 0.2) is 70.0 Å². The molecule has 4 aliphatic rings. The number of nitrogens with zero attached hydrogens (tertiary/aromatic N) is 2. The first-order valence-corrected chi connectivity index (χ1v) is 8.42. The molecule has 0 saturated carbocycles. The summed E-state index contributed by atoms with van der Waals surface area (Å²) in [5.41, 5.74) is 4.05. The maximum Gasteiger partial charge on any atom is 0.0658 e. The van der Waals surface area contributed by atoms with Crippen molar-refractivity contribution < 1.29 is 17.1 Å². The second-order valence-corrected chi connectivity index (χ2v) is 6.54. The number of hydrogen-bond acceptors (Lipinski definition) is 3. The Morgan fingerprint density at radius 3 is 1.80 bits per heavy atom. The molecule has 5 rings (SSSR count). The molecule has 0 aromatic carbocycles. The van der Waals surface area contributed by atoms with Gasteiger partial charge in [0, 0.05) is 39.9 Å². The van der Waals surface area contributed by atoms with E-state index in [1.54, 1.807) is 0 Å². The molecular weight excluding hydrogens is 352 g/mol. The van der Waals surface area contributed by atoms with Crippen LogP contribution in [0.4, 0.5) is 0 Å². The van der Waals surface area contributed by atoms with Crippen LogP contribution in [-0.4, -0.2) is 28.5 Å². The largest absolute Gasteiger partial charge is 0.355 e. The molecule has 0 spiro atoms. The number of aromatic amines is 1. The molecule has 1 fully saturated rings. The zero-order chi connectivity index (χ0) is 15.9. The summed E-state index contributed by atoms with van der Waals surface area (Å²) < 4.78 is 0. The third kappa shape index (κ3) is 3.45. The van der Waals surface area contributed by atoms with Gasteiger partial charge < -0.3 is 10.3 Å². The van der Waals surface area contributed by atoms with Crippen molar-refractivity contribution in [1.29, 1.82) is 0 Å². The Balaban J connectivity index is 0.00000157. The summed E-state index contributed by atoms with van der Waals surface area (Å²) in [7, 11) is 0. The van der Waals surface area contributed by atoms with Gasteiger partial charge in [0.25, 0.3) is 0 Å². The van der Waals surface area contributed by atoms with E-state index in [9.17, 15) is 0 Å². The summed E-state index contributed by atoms with van der Waals surface area (Å²) >= 11 is 0. The minimum atomic E-state index is 0. The normalized spacial score (nSPS) is 26.1. The topological polar surface area (TPSA) is 52.5 Å². The smallest absolute Gasteiger partial charge is 0.0658 e. The van der Waals surface area contributed by atoms with E-state index in [0.29, 0.717) is 12.1 Å². The third-order valence-electron chi connectivity index (χ3n) is 4.66. The molecule has 4 nitrogen and oxygen atoms in total. The molecule has 0 aliphatic carbocycles. The molecule has 0 amide bonds. The average Bonchev–Trinajstić information content (AvgIpc) is 3.32. The molecule has 2 N–H and O–H groups in total. The van der Waals surface area contributed by atoms with Crippen molar-refractivity contribution in [3.05, 3.63) is 70.7 Å². The first-order valence-electron chi connectivity index (χ1n) is 8.42. The Morgan fingerprint density at radius 2 is 1.28 bits per heavy atom. The van der Waals surface area contributed by atoms with Gasteiger partial charge in [-0.05, 0) is 73.6 Å². The van der Waals surface area contributed by atoms with Gasteiger partial charge in [0.2, 0.25) is 0 Å². The summed E-state index contributed by atoms with van der Waals surface area (Å²) in [5.74, 6) is 0. The maximum absolute atomic E-state index is 4.70. The maximum atomic E-state index is 4.70. The van der Waals surface area contributed by atoms with Gasteiger partial charge in [-0.3, -0.25) is 0 Å². The van der Waals surface area contributed by atoms with E-state index in [0.717, 1.165) is 46.4 Å². The number of H-pyrrole nitrogens is 1. The summed E-state index contributed by atoms with van der Waals surface area (Å²) in [6.45, 7) is 0. The Morgan fingerprint density at radius 1 is 0.760 bits per heavy atom. The van der Waals surface area contributed by atoms with Crippen LogP contribution in [0, 0.1) is 0 Å². The van der Waals surface area contributed by atoms with Crippen LogP contribution in [0.1, 0.15) is 12.8 Å². The molecule has 1 saturated heterocycles. The number of hydrogen-bond donors (Lipinski definition) is 2. The summed E-state index contributed by atoms with van der Waals surface area (Å²) in [5, 5.41) is 5.76. The van der Waals surface area contributed by atoms with Crippen molar-refractivity contribution in [2.75, 3.05) is 0 Å². The molecule has 126 valence electrons. The van der Waals surface area contributed by atoms with Crippen molar-refractivity contribution >= 4 is 23.6 Å². The molecule has 4 aliphatic heterocycles. The standard InChI is InChI=1S/C20H18N4.Fe/c1-2-14-10-16-5-6-18(23-16)12-20-8-7-19(24-20)11-17-4-3-15(22-17)9-13(1)21-14;/h1-6,9-12,19-21,24H,7-8H2;. The number of nitrogens with one attached hydrogen (secondary N) is 2. The molecule has 8 bridgehead atoms. The van der Waals surface area contributed by atoms with Crippen molar-refractivity contribution in [2.24, 2.45) is 9.98 Å². The van der Waals surface area contributed by atoms with Crippen LogP contribution in [0.2, 0.25) is 0 Å². The molecule has 5 heterocycles. The van der Waals surface area contributed by atoms with Crippen LogP contribution in [0.25, 0.3) is 12.2 Å². The summed E-state index contributed by atoms with van der Waals surface area (Å²) in [6, 6.07) is 4.89. The minimum absolute atomic E-state index is 0. The fourth-order valence-electron chi connectivity index (χ4n) is 3.53. The van der Waals surface area contributed by atoms with Crippen LogP contribution in [0.5, 0.6) is 0 Å². The molecule has 0 radical (unpaired) electrons. The predicted octanol–water partition coefficient (Wildman–Crippen LogP) is 1.50. The van der Waals surface area contributed by atoms with Crippen molar-refractivity contribution in [3.8, 4) is 0 Å². The Bertz CT molecular complexity index is 922. The monoisotopic (exact) mass is 370 g/mol. The number of allylic oxidation sites excluding steroid dienone is 4. The van der Waals surface area contributed by atoms with E-state index < -0.39 is 0 Å². The number of fused-ring (bicyclic) bond motifs is 6. The molecule has 1 aromatic rings. The van der Waals surface area contributed by atoms with Gasteiger partial charge in [-0.2, -0.15) is 0 Å². The van der Waals surface area contributed by atoms with Crippen LogP contribution in [-0.2, 0) is 17.1 Å². The van der Waals surface area contributed by atoms with E-state index in [4.69, 9.17) is 9.98 Å². The molecule has 25 heavy (non-hydrogen) atoms. The number of aliphatic imine (C=N–C) groups is 2. The second-order valence-electron chi connectivity index (χ2n) is 6.54. The van der Waals surface area contributed by atoms with Crippen molar-refractivity contribution in [2.45, 2.75) is 24.9 Å². The van der Waals surface area contributed by atoms with Crippen molar-refractivity contribution in [1.82, 2.24) is 10.3 Å². The van der Waals surface area contributed by atoms with E-state index in [-0.39, 0.29) is 17.1 Å². The molecule has 2 unspecified atom stereocenters. The molecule has 1 aromatic heterocycles. The van der Waals surface area contributed by atoms with E-state index in [1.807, 2.05) is 0 Å². The zero-order valence-electron chi connectivity index (χ0n) is 13.6. The third-order valence-corrected chi connectivity index (χ3v) is 4.66. The van der Waals surface area contributed by atoms with E-state index >= 15 is 0 Å². The first kappa shape index (κ1) is 16.3. The molecule has 5 heteroatoms. The minimum Gasteiger partial charge on any atom is -0.355 e. The first-order chi connectivity index (χ1) is 11.8. The Labute approximate surface area is 156 Å². The van der Waals surface area contributed by atoms with E-state index in [1.165, 1.54) is 0 Å². The van der Waals surface area contributed by atoms with Crippen LogP contribution < -0.4 is 16.0 Å². The molecular formula is C20H18FeN4. The van der Waals surface area contributed by atoms with Crippen LogP contribution >= 0.6 is 0 Å². The average molecular weight is 370 g/mol. The van der Waals surface area contributed by atoms with Gasteiger partial charge in [-0.15, -0.1) is 0 Å². The van der Waals surface area contributed by atoms with Gasteiger partial charge in [0.05, 0.1) is 22.8 Å². The van der Waals surface area contributed by atoms with Crippen molar-refractivity contribution in [3.63, 3.8) is 0 Å². The van der Waals surface area contributed by atoms with Crippen LogP contribution in [0.3, 0.4) is 0 Å². The van der Waals surface area contributed by atoms with Gasteiger partial charge >= 0.3 is 0 Å². The molecule has 2 atom stereocenters. The second kappa shape index (κ2) is 6.60. The SMILES string of the molecule is C1=CC2=NC1=CC1CCC(C=C3C=CC(=N3)C=c3ccc([nH]3)=C2)N1.[Fe]. The number of rotatable bonds is 0. The quantitative estimate of drug-likeness (QED) is 0.669. The Kier molecular flexibility index (Phi) is 4.30. The fraction of sp³-hybridized carbons (Fsp3) is 0.200. The fourth-order valence-corrected chi connectivity index (χ4v) is 3.53. The summed E-state index contributed by atoms with van der Waals surface area (Å²) in [6.07, 6.45) is 19.2. The number of aromatic nitrogens is 1. The van der Waals surface area contributed by atoms with Gasteiger partial charge in [0.1, 0.15) is 0 Å². The Hall–Kier alpha value is -2.20. The van der Waals surface area contributed by atoms with E-state index in [2.05, 4.69) is 71.0 Å². The van der Waals surface area contributed by atoms with Gasteiger partial charge in [-0.1, -0.05) is 0 Å². The van der Waals surface area contributed by atoms with Gasteiger partial charge in [-0.25, -0.2) is 9.98 Å². The zero-order valence-corrected chi connectivity index (χ0v) is 14.7. The summed E-state index contributed by atoms with van der Waals surface area (Å²) in [4.78, 5) is 12.8.